The largest absolute Gasteiger partial charge is 0.416 e. The van der Waals surface area contributed by atoms with Crippen LogP contribution in [0.25, 0.3) is 5.65 Å². The second-order valence-corrected chi connectivity index (χ2v) is 9.33. The highest BCUT2D eigenvalue weighted by molar-refractivity contribution is 5.98. The summed E-state index contributed by atoms with van der Waals surface area (Å²) in [6.07, 6.45) is -4.57. The number of Topliss-reactive ketones (excluding diaryl/α,β-unsaturated/α-hetero) is 1. The van der Waals surface area contributed by atoms with Crippen molar-refractivity contribution in [3.63, 3.8) is 0 Å². The molecule has 206 valence electrons. The van der Waals surface area contributed by atoms with E-state index in [1.165, 1.54) is 19.1 Å². The monoisotopic (exact) mass is 555 g/mol. The van der Waals surface area contributed by atoms with E-state index in [1.807, 2.05) is 0 Å². The van der Waals surface area contributed by atoms with E-state index in [-0.39, 0.29) is 35.7 Å². The Kier molecular flexibility index (Phi) is 6.84. The molecule has 5 rings (SSSR count). The average molecular weight is 555 g/mol. The molecule has 0 unspecified atom stereocenters. The van der Waals surface area contributed by atoms with Gasteiger partial charge in [0.15, 0.2) is 17.2 Å². The second kappa shape index (κ2) is 10.2. The van der Waals surface area contributed by atoms with E-state index in [0.717, 1.165) is 28.9 Å². The molecule has 2 atom stereocenters. The van der Waals surface area contributed by atoms with Crippen LogP contribution in [-0.2, 0) is 19.1 Å². The first-order chi connectivity index (χ1) is 18.9. The molecule has 0 saturated carbocycles. The summed E-state index contributed by atoms with van der Waals surface area (Å²) in [6, 6.07) is 9.46. The number of hydrogen-bond acceptors (Lipinski definition) is 6. The summed E-state index contributed by atoms with van der Waals surface area (Å²) in [7, 11) is 0. The molecule has 0 fully saturated rings. The van der Waals surface area contributed by atoms with Gasteiger partial charge < -0.3 is 15.7 Å². The van der Waals surface area contributed by atoms with Gasteiger partial charge in [-0.25, -0.2) is 13.9 Å². The third kappa shape index (κ3) is 5.15. The Morgan fingerprint density at radius 2 is 1.88 bits per heavy atom. The standard InChI is InChI=1S/C27H21F4N5O4/c1-13(37)15-5-6-18-16(8-15)9-22(38)23(18)35-26(40)21-10-20(34-24-19(28)12-33-36(21)24)25(39)32-11-14-3-2-4-17(7-14)27(29,30)31/h2-8,10,12,22-23,38H,9,11H2,1H3,(H,32,39)(H,35,40)/t22-,23-/m1/s1. The highest BCUT2D eigenvalue weighted by Gasteiger charge is 2.34. The van der Waals surface area contributed by atoms with Crippen LogP contribution in [0.5, 0.6) is 0 Å². The molecule has 2 amide bonds. The van der Waals surface area contributed by atoms with E-state index in [4.69, 9.17) is 0 Å². The van der Waals surface area contributed by atoms with E-state index in [1.54, 1.807) is 18.2 Å². The molecule has 3 N–H and O–H groups in total. The molecule has 40 heavy (non-hydrogen) atoms. The molecule has 0 bridgehead atoms. The smallest absolute Gasteiger partial charge is 0.390 e. The number of benzene rings is 2. The maximum atomic E-state index is 14.4. The minimum Gasteiger partial charge on any atom is -0.390 e. The fraction of sp³-hybridized carbons (Fsp3) is 0.222. The average Bonchev–Trinajstić information content (AvgIpc) is 3.44. The zero-order chi connectivity index (χ0) is 28.8. The molecule has 2 aromatic heterocycles. The molecule has 2 aromatic carbocycles. The number of nitrogens with zero attached hydrogens (tertiary/aromatic N) is 3. The van der Waals surface area contributed by atoms with E-state index in [0.29, 0.717) is 16.7 Å². The van der Waals surface area contributed by atoms with Gasteiger partial charge in [0.2, 0.25) is 0 Å². The highest BCUT2D eigenvalue weighted by Crippen LogP contribution is 2.33. The summed E-state index contributed by atoms with van der Waals surface area (Å²) >= 11 is 0. The molecule has 0 spiro atoms. The van der Waals surface area contributed by atoms with Crippen molar-refractivity contribution in [3.05, 3.63) is 99.8 Å². The molecule has 0 saturated heterocycles. The van der Waals surface area contributed by atoms with Crippen LogP contribution in [-0.4, -0.2) is 43.4 Å². The summed E-state index contributed by atoms with van der Waals surface area (Å²) in [4.78, 5) is 41.8. The first-order valence-corrected chi connectivity index (χ1v) is 12.0. The predicted molar refractivity (Wildman–Crippen MR) is 132 cm³/mol. The van der Waals surface area contributed by atoms with Crippen LogP contribution in [0, 0.1) is 5.82 Å². The van der Waals surface area contributed by atoms with Crippen molar-refractivity contribution in [2.45, 2.75) is 38.2 Å². The lowest BCUT2D eigenvalue weighted by Gasteiger charge is -2.18. The molecule has 0 radical (unpaired) electrons. The van der Waals surface area contributed by atoms with Gasteiger partial charge in [-0.3, -0.25) is 14.4 Å². The van der Waals surface area contributed by atoms with Gasteiger partial charge in [0.25, 0.3) is 11.8 Å². The number of halogens is 4. The van der Waals surface area contributed by atoms with Crippen LogP contribution < -0.4 is 10.6 Å². The van der Waals surface area contributed by atoms with Crippen LogP contribution in [0.3, 0.4) is 0 Å². The summed E-state index contributed by atoms with van der Waals surface area (Å²) in [5.74, 6) is -2.72. The number of alkyl halides is 3. The Bertz CT molecular complexity index is 1670. The van der Waals surface area contributed by atoms with Gasteiger partial charge in [-0.1, -0.05) is 24.3 Å². The zero-order valence-electron chi connectivity index (χ0n) is 20.8. The summed E-state index contributed by atoms with van der Waals surface area (Å²) in [5.41, 5.74) is -0.0302. The molecular weight excluding hydrogens is 534 g/mol. The molecule has 4 aromatic rings. The Hall–Kier alpha value is -4.65. The molecule has 2 heterocycles. The Labute approximate surface area is 223 Å². The van der Waals surface area contributed by atoms with Gasteiger partial charge in [0.1, 0.15) is 11.4 Å². The van der Waals surface area contributed by atoms with E-state index < -0.39 is 47.2 Å². The van der Waals surface area contributed by atoms with Gasteiger partial charge in [-0.15, -0.1) is 0 Å². The van der Waals surface area contributed by atoms with Gasteiger partial charge in [-0.05, 0) is 41.8 Å². The first-order valence-electron chi connectivity index (χ1n) is 12.0. The van der Waals surface area contributed by atoms with Crippen molar-refractivity contribution in [1.82, 2.24) is 25.2 Å². The van der Waals surface area contributed by atoms with Crippen LogP contribution >= 0.6 is 0 Å². The third-order valence-corrected chi connectivity index (χ3v) is 6.59. The molecule has 9 nitrogen and oxygen atoms in total. The van der Waals surface area contributed by atoms with Crippen LogP contribution in [0.15, 0.2) is 54.7 Å². The summed E-state index contributed by atoms with van der Waals surface area (Å²) in [6.45, 7) is 1.13. The SMILES string of the molecule is CC(=O)c1ccc2c(c1)C[C@@H](O)[C@@H]2NC(=O)c1cc(C(=O)NCc2cccc(C(F)(F)F)c2)nc2c(F)cnn12. The zero-order valence-corrected chi connectivity index (χ0v) is 20.8. The van der Waals surface area contributed by atoms with Crippen molar-refractivity contribution >= 4 is 23.2 Å². The normalized spacial score (nSPS) is 16.6. The number of hydrogen-bond donors (Lipinski definition) is 3. The van der Waals surface area contributed by atoms with Crippen molar-refractivity contribution in [1.29, 1.82) is 0 Å². The van der Waals surface area contributed by atoms with Gasteiger partial charge in [0, 0.05) is 24.6 Å². The van der Waals surface area contributed by atoms with Crippen molar-refractivity contribution in [2.24, 2.45) is 0 Å². The number of aliphatic hydroxyl groups is 1. The summed E-state index contributed by atoms with van der Waals surface area (Å²) < 4.78 is 54.3. The van der Waals surface area contributed by atoms with Crippen molar-refractivity contribution in [3.8, 4) is 0 Å². The first kappa shape index (κ1) is 26.9. The van der Waals surface area contributed by atoms with Crippen LogP contribution in [0.2, 0.25) is 0 Å². The summed E-state index contributed by atoms with van der Waals surface area (Å²) in [5, 5.41) is 19.5. The van der Waals surface area contributed by atoms with E-state index in [9.17, 15) is 37.1 Å². The van der Waals surface area contributed by atoms with E-state index in [2.05, 4.69) is 20.7 Å². The van der Waals surface area contributed by atoms with Crippen LogP contribution in [0.1, 0.15) is 66.6 Å². The number of amides is 2. The Morgan fingerprint density at radius 3 is 2.60 bits per heavy atom. The number of aliphatic hydroxyl groups excluding tert-OH is 1. The van der Waals surface area contributed by atoms with Gasteiger partial charge in [0.05, 0.1) is 23.9 Å². The fourth-order valence-electron chi connectivity index (χ4n) is 4.59. The minimum atomic E-state index is -4.56. The number of aromatic nitrogens is 3. The molecular formula is C27H21F4N5O4. The number of rotatable bonds is 6. The molecule has 13 heteroatoms. The molecule has 0 aliphatic heterocycles. The maximum Gasteiger partial charge on any atom is 0.416 e. The van der Waals surface area contributed by atoms with Gasteiger partial charge in [-0.2, -0.15) is 18.3 Å². The topological polar surface area (TPSA) is 126 Å². The Balaban J connectivity index is 1.40. The predicted octanol–water partition coefficient (Wildman–Crippen LogP) is 3.41. The van der Waals surface area contributed by atoms with Crippen molar-refractivity contribution in [2.75, 3.05) is 0 Å². The molecule has 1 aliphatic carbocycles. The highest BCUT2D eigenvalue weighted by atomic mass is 19.4. The third-order valence-electron chi connectivity index (χ3n) is 6.59. The number of carbonyl (C=O) groups excluding carboxylic acids is 3. The maximum absolute atomic E-state index is 14.4. The molecule has 1 aliphatic rings. The van der Waals surface area contributed by atoms with Crippen LogP contribution in [0.4, 0.5) is 17.6 Å². The van der Waals surface area contributed by atoms with E-state index >= 15 is 0 Å². The second-order valence-electron chi connectivity index (χ2n) is 9.33. The number of fused-ring (bicyclic) bond motifs is 2. The number of nitrogens with one attached hydrogen (secondary N) is 2. The lowest BCUT2D eigenvalue weighted by molar-refractivity contribution is -0.137. The Morgan fingerprint density at radius 1 is 1.10 bits per heavy atom. The fourth-order valence-corrected chi connectivity index (χ4v) is 4.59. The van der Waals surface area contributed by atoms with Gasteiger partial charge >= 0.3 is 6.18 Å². The number of ketones is 1. The lowest BCUT2D eigenvalue weighted by Crippen LogP contribution is -2.35. The number of carbonyl (C=O) groups is 3. The quantitative estimate of drug-likeness (QED) is 0.247. The lowest BCUT2D eigenvalue weighted by atomic mass is 10.0. The van der Waals surface area contributed by atoms with Crippen molar-refractivity contribution < 1.29 is 37.1 Å². The minimum absolute atomic E-state index is 0.150.